The van der Waals surface area contributed by atoms with Crippen LogP contribution in [-0.2, 0) is 4.79 Å². The Balaban J connectivity index is 1.37. The molecule has 1 aromatic heterocycles. The molecule has 2 aromatic carbocycles. The number of nitrogens with zero attached hydrogens (tertiary/aromatic N) is 3. The number of nitrogens with one attached hydrogen (secondary N) is 1. The Bertz CT molecular complexity index is 1080. The van der Waals surface area contributed by atoms with Crippen LogP contribution in [0.3, 0.4) is 0 Å². The second kappa shape index (κ2) is 10.2. The van der Waals surface area contributed by atoms with Crippen LogP contribution in [0.5, 0.6) is 0 Å². The minimum absolute atomic E-state index is 0.0133. The van der Waals surface area contributed by atoms with Gasteiger partial charge >= 0.3 is 0 Å². The van der Waals surface area contributed by atoms with Crippen LogP contribution in [0.4, 0.5) is 8.78 Å². The Morgan fingerprint density at radius 2 is 1.97 bits per heavy atom. The van der Waals surface area contributed by atoms with Crippen molar-refractivity contribution in [1.82, 2.24) is 20.4 Å². The number of likely N-dealkylation sites (tertiary alicyclic amines) is 1. The first-order valence-corrected chi connectivity index (χ1v) is 11.3. The summed E-state index contributed by atoms with van der Waals surface area (Å²) >= 11 is 0. The number of aromatic nitrogens is 2. The van der Waals surface area contributed by atoms with E-state index in [1.54, 1.807) is 24.3 Å². The molecule has 0 radical (unpaired) electrons. The van der Waals surface area contributed by atoms with Crippen LogP contribution >= 0.6 is 0 Å². The molecule has 2 heterocycles. The van der Waals surface area contributed by atoms with Gasteiger partial charge in [0, 0.05) is 12.1 Å². The number of hydrogen-bond acceptors (Lipinski definition) is 5. The van der Waals surface area contributed by atoms with Gasteiger partial charge in [-0.15, -0.1) is 0 Å². The van der Waals surface area contributed by atoms with Crippen LogP contribution in [-0.4, -0.2) is 40.6 Å². The monoisotopic (exact) mass is 454 g/mol. The summed E-state index contributed by atoms with van der Waals surface area (Å²) in [5.74, 6) is 0.309. The van der Waals surface area contributed by atoms with Gasteiger partial charge in [0.2, 0.25) is 17.6 Å². The van der Waals surface area contributed by atoms with E-state index in [1.807, 2.05) is 13.8 Å². The summed E-state index contributed by atoms with van der Waals surface area (Å²) in [6, 6.07) is 12.1. The first-order valence-electron chi connectivity index (χ1n) is 11.3. The number of halogens is 2. The van der Waals surface area contributed by atoms with E-state index in [4.69, 9.17) is 4.52 Å². The van der Waals surface area contributed by atoms with Crippen molar-refractivity contribution in [3.8, 4) is 11.4 Å². The maximum atomic E-state index is 13.5. The minimum atomic E-state index is -0.353. The first-order chi connectivity index (χ1) is 15.9. The highest BCUT2D eigenvalue weighted by molar-refractivity contribution is 5.78. The number of benzene rings is 2. The summed E-state index contributed by atoms with van der Waals surface area (Å²) in [4.78, 5) is 19.4. The molecule has 8 heteroatoms. The van der Waals surface area contributed by atoms with E-state index in [9.17, 15) is 13.6 Å². The SMILES string of the molecule is CC(C)C(NC(=O)CN1CCCC(c2nc(-c3cccc(F)c3)no2)C1)c1ccc(F)cc1. The van der Waals surface area contributed by atoms with Crippen molar-refractivity contribution in [2.24, 2.45) is 5.92 Å². The Hall–Kier alpha value is -3.13. The predicted octanol–water partition coefficient (Wildman–Crippen LogP) is 4.71. The van der Waals surface area contributed by atoms with Gasteiger partial charge in [-0.25, -0.2) is 8.78 Å². The van der Waals surface area contributed by atoms with Crippen molar-refractivity contribution >= 4 is 5.91 Å². The van der Waals surface area contributed by atoms with E-state index < -0.39 is 0 Å². The first kappa shape index (κ1) is 23.0. The van der Waals surface area contributed by atoms with Gasteiger partial charge in [-0.1, -0.05) is 43.3 Å². The molecular formula is C25H28F2N4O2. The largest absolute Gasteiger partial charge is 0.348 e. The third-order valence-corrected chi connectivity index (χ3v) is 5.96. The zero-order valence-electron chi connectivity index (χ0n) is 18.8. The molecule has 0 spiro atoms. The molecule has 0 bridgehead atoms. The molecule has 2 unspecified atom stereocenters. The maximum Gasteiger partial charge on any atom is 0.234 e. The lowest BCUT2D eigenvalue weighted by Gasteiger charge is -2.31. The molecule has 1 fully saturated rings. The molecule has 0 saturated carbocycles. The Labute approximate surface area is 192 Å². The van der Waals surface area contributed by atoms with Gasteiger partial charge in [0.25, 0.3) is 0 Å². The molecule has 1 amide bonds. The summed E-state index contributed by atoms with van der Waals surface area (Å²) < 4.78 is 32.3. The lowest BCUT2D eigenvalue weighted by molar-refractivity contribution is -0.123. The number of hydrogen-bond donors (Lipinski definition) is 1. The molecule has 2 atom stereocenters. The fourth-order valence-electron chi connectivity index (χ4n) is 4.27. The molecule has 1 aliphatic rings. The molecule has 1 aliphatic heterocycles. The van der Waals surface area contributed by atoms with E-state index in [0.29, 0.717) is 23.8 Å². The van der Waals surface area contributed by atoms with Crippen LogP contribution in [0, 0.1) is 17.6 Å². The fourth-order valence-corrected chi connectivity index (χ4v) is 4.27. The van der Waals surface area contributed by atoms with Gasteiger partial charge in [0.1, 0.15) is 11.6 Å². The second-order valence-corrected chi connectivity index (χ2v) is 8.88. The fraction of sp³-hybridized carbons (Fsp3) is 0.400. The summed E-state index contributed by atoms with van der Waals surface area (Å²) in [6.45, 7) is 5.73. The average molecular weight is 455 g/mol. The third kappa shape index (κ3) is 5.82. The normalized spacial score (nSPS) is 17.8. The van der Waals surface area contributed by atoms with E-state index in [2.05, 4.69) is 20.4 Å². The van der Waals surface area contributed by atoms with Gasteiger partial charge in [-0.3, -0.25) is 9.69 Å². The van der Waals surface area contributed by atoms with Crippen molar-refractivity contribution in [2.45, 2.75) is 38.6 Å². The van der Waals surface area contributed by atoms with Crippen molar-refractivity contribution < 1.29 is 18.1 Å². The lowest BCUT2D eigenvalue weighted by Crippen LogP contribution is -2.43. The van der Waals surface area contributed by atoms with Crippen molar-refractivity contribution in [3.05, 3.63) is 71.6 Å². The van der Waals surface area contributed by atoms with E-state index in [-0.39, 0.29) is 42.0 Å². The summed E-state index contributed by atoms with van der Waals surface area (Å²) in [5.41, 5.74) is 1.45. The van der Waals surface area contributed by atoms with Crippen molar-refractivity contribution in [3.63, 3.8) is 0 Å². The third-order valence-electron chi connectivity index (χ3n) is 5.96. The molecule has 1 saturated heterocycles. The Morgan fingerprint density at radius 3 is 2.70 bits per heavy atom. The van der Waals surface area contributed by atoms with E-state index in [0.717, 1.165) is 24.9 Å². The molecule has 4 rings (SSSR count). The zero-order chi connectivity index (χ0) is 23.4. The van der Waals surface area contributed by atoms with Crippen LogP contribution in [0.25, 0.3) is 11.4 Å². The number of carbonyl (C=O) groups excluding carboxylic acids is 1. The highest BCUT2D eigenvalue weighted by Crippen LogP contribution is 2.28. The molecule has 3 aromatic rings. The summed E-state index contributed by atoms with van der Waals surface area (Å²) in [5, 5.41) is 7.10. The number of carbonyl (C=O) groups is 1. The van der Waals surface area contributed by atoms with E-state index >= 15 is 0 Å². The van der Waals surface area contributed by atoms with Gasteiger partial charge in [0.15, 0.2) is 0 Å². The highest BCUT2D eigenvalue weighted by Gasteiger charge is 2.28. The van der Waals surface area contributed by atoms with Gasteiger partial charge in [-0.05, 0) is 55.1 Å². The Morgan fingerprint density at radius 1 is 1.18 bits per heavy atom. The van der Waals surface area contributed by atoms with Crippen LogP contribution in [0.2, 0.25) is 0 Å². The quantitative estimate of drug-likeness (QED) is 0.560. The number of piperidine rings is 1. The average Bonchev–Trinajstić information content (AvgIpc) is 3.29. The maximum absolute atomic E-state index is 13.5. The topological polar surface area (TPSA) is 71.3 Å². The highest BCUT2D eigenvalue weighted by atomic mass is 19.1. The number of rotatable bonds is 7. The zero-order valence-corrected chi connectivity index (χ0v) is 18.8. The van der Waals surface area contributed by atoms with Gasteiger partial charge in [-0.2, -0.15) is 4.98 Å². The van der Waals surface area contributed by atoms with Crippen molar-refractivity contribution in [1.29, 1.82) is 0 Å². The summed E-state index contributed by atoms with van der Waals surface area (Å²) in [6.07, 6.45) is 1.79. The molecule has 174 valence electrons. The standard InChI is InChI=1S/C25H28F2N4O2/c1-16(2)23(17-8-10-20(26)11-9-17)28-22(32)15-31-12-4-6-19(14-31)25-29-24(30-33-25)18-5-3-7-21(27)13-18/h3,5,7-11,13,16,19,23H,4,6,12,14-15H2,1-2H3,(H,28,32). The van der Waals surface area contributed by atoms with E-state index in [1.165, 1.54) is 24.3 Å². The van der Waals surface area contributed by atoms with Crippen LogP contribution < -0.4 is 5.32 Å². The smallest absolute Gasteiger partial charge is 0.234 e. The minimum Gasteiger partial charge on any atom is -0.348 e. The molecule has 6 nitrogen and oxygen atoms in total. The molecule has 1 N–H and O–H groups in total. The molecular weight excluding hydrogens is 426 g/mol. The van der Waals surface area contributed by atoms with Gasteiger partial charge < -0.3 is 9.84 Å². The second-order valence-electron chi connectivity index (χ2n) is 8.88. The predicted molar refractivity (Wildman–Crippen MR) is 120 cm³/mol. The van der Waals surface area contributed by atoms with Crippen LogP contribution in [0.1, 0.15) is 50.1 Å². The van der Waals surface area contributed by atoms with Gasteiger partial charge in [0.05, 0.1) is 18.5 Å². The van der Waals surface area contributed by atoms with Crippen LogP contribution in [0.15, 0.2) is 53.1 Å². The molecule has 33 heavy (non-hydrogen) atoms. The number of amides is 1. The summed E-state index contributed by atoms with van der Waals surface area (Å²) in [7, 11) is 0. The molecule has 0 aliphatic carbocycles. The lowest BCUT2D eigenvalue weighted by atomic mass is 9.95. The van der Waals surface area contributed by atoms with Crippen molar-refractivity contribution in [2.75, 3.05) is 19.6 Å². The Kier molecular flexibility index (Phi) is 7.13.